The smallest absolute Gasteiger partial charge is 0.228 e. The van der Waals surface area contributed by atoms with Gasteiger partial charge in [-0.2, -0.15) is 4.98 Å². The van der Waals surface area contributed by atoms with Crippen LogP contribution in [0, 0.1) is 11.8 Å². The molecule has 0 spiro atoms. The first-order chi connectivity index (χ1) is 14.2. The highest BCUT2D eigenvalue weighted by atomic mass is 35.5. The van der Waals surface area contributed by atoms with E-state index >= 15 is 0 Å². The van der Waals surface area contributed by atoms with Crippen LogP contribution in [0.15, 0.2) is 12.4 Å². The lowest BCUT2D eigenvalue weighted by Gasteiger charge is -2.34. The molecule has 1 aliphatic carbocycles. The number of nitrogen functional groups attached to an aromatic ring is 1. The third-order valence-corrected chi connectivity index (χ3v) is 6.82. The second-order valence-electron chi connectivity index (χ2n) is 8.54. The van der Waals surface area contributed by atoms with Gasteiger partial charge in [0.25, 0.3) is 0 Å². The van der Waals surface area contributed by atoms with Gasteiger partial charge < -0.3 is 25.6 Å². The number of morpholine rings is 1. The van der Waals surface area contributed by atoms with Crippen molar-refractivity contribution in [2.75, 3.05) is 54.9 Å². The summed E-state index contributed by atoms with van der Waals surface area (Å²) in [5, 5.41) is 3.50. The molecule has 2 saturated heterocycles. The largest absolute Gasteiger partial charge is 0.377 e. The fourth-order valence-electron chi connectivity index (χ4n) is 5.26. The zero-order valence-electron chi connectivity index (χ0n) is 17.0. The van der Waals surface area contributed by atoms with Crippen LogP contribution in [0.1, 0.15) is 12.5 Å². The summed E-state index contributed by atoms with van der Waals surface area (Å²) >= 11 is 0. The molecule has 9 nitrogen and oxygen atoms in total. The highest BCUT2D eigenvalue weighted by Crippen LogP contribution is 2.50. The third-order valence-electron chi connectivity index (χ3n) is 6.82. The van der Waals surface area contributed by atoms with Crippen LogP contribution in [0.2, 0.25) is 0 Å². The van der Waals surface area contributed by atoms with E-state index < -0.39 is 0 Å². The van der Waals surface area contributed by atoms with Crippen LogP contribution >= 0.6 is 12.4 Å². The SMILES string of the molecule is C[C@H]1COCCN1c1nc(-c2cnc(N)nc2)c2c(n1)N(C1[C@H]3CNC[C@@H]13)CC2.Cl. The molecule has 10 heteroatoms. The summed E-state index contributed by atoms with van der Waals surface area (Å²) in [5.41, 5.74) is 8.77. The zero-order chi connectivity index (χ0) is 19.5. The van der Waals surface area contributed by atoms with Gasteiger partial charge in [-0.05, 0) is 25.2 Å². The normalized spacial score (nSPS) is 29.4. The summed E-state index contributed by atoms with van der Waals surface area (Å²) in [7, 11) is 0. The van der Waals surface area contributed by atoms with E-state index in [9.17, 15) is 0 Å². The minimum atomic E-state index is 0. The quantitative estimate of drug-likeness (QED) is 0.729. The summed E-state index contributed by atoms with van der Waals surface area (Å²) in [6.45, 7) is 7.62. The van der Waals surface area contributed by atoms with E-state index in [1.54, 1.807) is 12.4 Å². The lowest BCUT2D eigenvalue weighted by molar-refractivity contribution is 0.0981. The topological polar surface area (TPSA) is 105 Å². The van der Waals surface area contributed by atoms with Gasteiger partial charge >= 0.3 is 0 Å². The highest BCUT2D eigenvalue weighted by molar-refractivity contribution is 5.85. The summed E-state index contributed by atoms with van der Waals surface area (Å²) in [6, 6.07) is 0.856. The van der Waals surface area contributed by atoms with Crippen molar-refractivity contribution in [2.45, 2.75) is 25.4 Å². The van der Waals surface area contributed by atoms with Crippen molar-refractivity contribution in [2.24, 2.45) is 11.8 Å². The number of hydrogen-bond acceptors (Lipinski definition) is 9. The van der Waals surface area contributed by atoms with E-state index in [1.807, 2.05) is 0 Å². The van der Waals surface area contributed by atoms with Gasteiger partial charge in [0.05, 0.1) is 24.9 Å². The molecule has 1 saturated carbocycles. The summed E-state index contributed by atoms with van der Waals surface area (Å²) in [5.74, 6) is 3.67. The predicted octanol–water partition coefficient (Wildman–Crippen LogP) is 0.743. The number of ether oxygens (including phenoxy) is 1. The lowest BCUT2D eigenvalue weighted by Crippen LogP contribution is -2.44. The average Bonchev–Trinajstić information content (AvgIpc) is 3.09. The van der Waals surface area contributed by atoms with Gasteiger partial charge in [-0.1, -0.05) is 0 Å². The van der Waals surface area contributed by atoms with E-state index in [0.717, 1.165) is 67.5 Å². The van der Waals surface area contributed by atoms with Crippen molar-refractivity contribution in [3.63, 3.8) is 0 Å². The van der Waals surface area contributed by atoms with Gasteiger partial charge in [-0.25, -0.2) is 15.0 Å². The van der Waals surface area contributed by atoms with E-state index in [4.69, 9.17) is 20.4 Å². The molecular formula is C20H27ClN8O. The van der Waals surface area contributed by atoms with Crippen molar-refractivity contribution in [3.8, 4) is 11.3 Å². The first-order valence-corrected chi connectivity index (χ1v) is 10.5. The standard InChI is InChI=1S/C20H26N8O.ClH/c1-11-10-29-5-4-27(11)20-25-16(12-6-23-19(21)24-7-12)13-2-3-28(18(13)26-20)17-14-8-22-9-15(14)17;/h6-7,11,14-15,17,22H,2-5,8-10H2,1H3,(H2,21,23,24);1H/t11-,14-,15+,17?;/m0./s1. The summed E-state index contributed by atoms with van der Waals surface area (Å²) in [4.78, 5) is 23.3. The molecule has 160 valence electrons. The Bertz CT molecular complexity index is 931. The van der Waals surface area contributed by atoms with E-state index in [-0.39, 0.29) is 24.4 Å². The monoisotopic (exact) mass is 430 g/mol. The molecule has 5 heterocycles. The Kier molecular flexibility index (Phi) is 4.91. The van der Waals surface area contributed by atoms with Crippen LogP contribution in [-0.2, 0) is 11.2 Å². The minimum Gasteiger partial charge on any atom is -0.377 e. The minimum absolute atomic E-state index is 0. The maximum absolute atomic E-state index is 5.71. The molecule has 0 bridgehead atoms. The van der Waals surface area contributed by atoms with E-state index in [2.05, 4.69) is 32.0 Å². The van der Waals surface area contributed by atoms with E-state index in [1.165, 1.54) is 5.56 Å². The molecule has 2 aromatic rings. The van der Waals surface area contributed by atoms with Gasteiger partial charge in [-0.15, -0.1) is 12.4 Å². The second-order valence-corrected chi connectivity index (χ2v) is 8.54. The fourth-order valence-corrected chi connectivity index (χ4v) is 5.26. The molecule has 0 radical (unpaired) electrons. The maximum atomic E-state index is 5.71. The first-order valence-electron chi connectivity index (χ1n) is 10.5. The predicted molar refractivity (Wildman–Crippen MR) is 117 cm³/mol. The number of nitrogens with zero attached hydrogens (tertiary/aromatic N) is 6. The molecule has 1 unspecified atom stereocenters. The molecule has 4 atom stereocenters. The van der Waals surface area contributed by atoms with Crippen LogP contribution in [0.4, 0.5) is 17.7 Å². The number of nitrogens with one attached hydrogen (secondary N) is 1. The molecule has 6 rings (SSSR count). The number of anilines is 3. The Balaban J connectivity index is 0.00000193. The molecule has 3 N–H and O–H groups in total. The van der Waals surface area contributed by atoms with Gasteiger partial charge in [-0.3, -0.25) is 0 Å². The summed E-state index contributed by atoms with van der Waals surface area (Å²) in [6.07, 6.45) is 4.50. The Labute approximate surface area is 181 Å². The van der Waals surface area contributed by atoms with Crippen molar-refractivity contribution < 1.29 is 4.74 Å². The van der Waals surface area contributed by atoms with Crippen molar-refractivity contribution in [3.05, 3.63) is 18.0 Å². The molecular weight excluding hydrogens is 404 g/mol. The maximum Gasteiger partial charge on any atom is 0.228 e. The second kappa shape index (κ2) is 7.47. The molecule has 30 heavy (non-hydrogen) atoms. The Morgan fingerprint density at radius 1 is 1.10 bits per heavy atom. The number of aromatic nitrogens is 4. The van der Waals surface area contributed by atoms with Gasteiger partial charge in [0.1, 0.15) is 5.82 Å². The molecule has 2 aromatic heterocycles. The van der Waals surface area contributed by atoms with Gasteiger partial charge in [0.2, 0.25) is 11.9 Å². The Morgan fingerprint density at radius 2 is 1.87 bits per heavy atom. The van der Waals surface area contributed by atoms with Crippen LogP contribution < -0.4 is 20.9 Å². The number of rotatable bonds is 3. The van der Waals surface area contributed by atoms with Crippen molar-refractivity contribution in [1.82, 2.24) is 25.3 Å². The van der Waals surface area contributed by atoms with Crippen LogP contribution in [0.25, 0.3) is 11.3 Å². The lowest BCUT2D eigenvalue weighted by atomic mass is 10.1. The van der Waals surface area contributed by atoms with Gasteiger partial charge in [0, 0.05) is 55.7 Å². The van der Waals surface area contributed by atoms with Crippen LogP contribution in [0.3, 0.4) is 0 Å². The van der Waals surface area contributed by atoms with E-state index in [0.29, 0.717) is 19.3 Å². The molecule has 3 fully saturated rings. The molecule has 4 aliphatic rings. The average molecular weight is 431 g/mol. The number of halogens is 1. The molecule has 0 amide bonds. The van der Waals surface area contributed by atoms with Crippen molar-refractivity contribution >= 4 is 30.1 Å². The van der Waals surface area contributed by atoms with Crippen LogP contribution in [0.5, 0.6) is 0 Å². The molecule has 0 aromatic carbocycles. The highest BCUT2D eigenvalue weighted by Gasteiger charge is 2.57. The first kappa shape index (κ1) is 19.7. The number of hydrogen-bond donors (Lipinski definition) is 2. The third kappa shape index (κ3) is 3.07. The number of fused-ring (bicyclic) bond motifs is 2. The Morgan fingerprint density at radius 3 is 2.60 bits per heavy atom. The fraction of sp³-hybridized carbons (Fsp3) is 0.600. The van der Waals surface area contributed by atoms with Gasteiger partial charge in [0.15, 0.2) is 0 Å². The number of piperidine rings is 1. The zero-order valence-corrected chi connectivity index (χ0v) is 17.8. The Hall–Kier alpha value is -2.23. The summed E-state index contributed by atoms with van der Waals surface area (Å²) < 4.78 is 5.63. The molecule has 3 aliphatic heterocycles. The van der Waals surface area contributed by atoms with Crippen LogP contribution in [-0.4, -0.2) is 71.4 Å². The van der Waals surface area contributed by atoms with Crippen molar-refractivity contribution in [1.29, 1.82) is 0 Å². The number of nitrogens with two attached hydrogens (primary N) is 1.